The van der Waals surface area contributed by atoms with Crippen molar-refractivity contribution in [2.24, 2.45) is 0 Å². The van der Waals surface area contributed by atoms with E-state index in [1.54, 1.807) is 0 Å². The van der Waals surface area contributed by atoms with Gasteiger partial charge in [-0.2, -0.15) is 0 Å². The molecule has 0 amide bonds. The van der Waals surface area contributed by atoms with Crippen molar-refractivity contribution in [1.29, 1.82) is 0 Å². The number of benzene rings is 1. The fourth-order valence-electron chi connectivity index (χ4n) is 1.86. The summed E-state index contributed by atoms with van der Waals surface area (Å²) in [5, 5.41) is 0. The zero-order valence-corrected chi connectivity index (χ0v) is 9.26. The van der Waals surface area contributed by atoms with Crippen molar-refractivity contribution in [3.63, 3.8) is 0 Å². The largest absolute Gasteiger partial charge is 0.462 e. The molecule has 1 saturated heterocycles. The summed E-state index contributed by atoms with van der Waals surface area (Å²) >= 11 is 0. The molecule has 1 fully saturated rings. The van der Waals surface area contributed by atoms with Crippen molar-refractivity contribution >= 4 is 12.0 Å². The van der Waals surface area contributed by atoms with Crippen LogP contribution in [-0.2, 0) is 9.53 Å². The van der Waals surface area contributed by atoms with Crippen LogP contribution in [-0.4, -0.2) is 12.1 Å². The molecule has 2 heteroatoms. The average Bonchev–Trinajstić information content (AvgIpc) is 2.30. The Morgan fingerprint density at radius 2 is 2.12 bits per heavy atom. The molecule has 2 nitrogen and oxygen atoms in total. The summed E-state index contributed by atoms with van der Waals surface area (Å²) in [4.78, 5) is 11.1. The number of carbonyl (C=O) groups is 1. The van der Waals surface area contributed by atoms with E-state index < -0.39 is 0 Å². The Labute approximate surface area is 95.9 Å². The normalized spacial score (nSPS) is 21.0. The van der Waals surface area contributed by atoms with Gasteiger partial charge in [-0.25, -0.2) is 0 Å². The van der Waals surface area contributed by atoms with E-state index in [9.17, 15) is 4.79 Å². The van der Waals surface area contributed by atoms with E-state index in [4.69, 9.17) is 4.74 Å². The van der Waals surface area contributed by atoms with Crippen LogP contribution in [0.4, 0.5) is 0 Å². The van der Waals surface area contributed by atoms with Crippen molar-refractivity contribution in [3.8, 4) is 0 Å². The number of hydrogen-bond acceptors (Lipinski definition) is 2. The van der Waals surface area contributed by atoms with Gasteiger partial charge in [0.05, 0.1) is 0 Å². The van der Waals surface area contributed by atoms with Crippen molar-refractivity contribution in [3.05, 3.63) is 42.0 Å². The van der Waals surface area contributed by atoms with Crippen molar-refractivity contribution in [2.75, 3.05) is 0 Å². The third-order valence-electron chi connectivity index (χ3n) is 2.71. The molecule has 1 aliphatic heterocycles. The first-order valence-corrected chi connectivity index (χ1v) is 5.75. The van der Waals surface area contributed by atoms with Crippen LogP contribution in [0.15, 0.2) is 36.4 Å². The highest BCUT2D eigenvalue weighted by molar-refractivity contribution is 5.70. The molecule has 16 heavy (non-hydrogen) atoms. The Bertz CT molecular complexity index is 368. The van der Waals surface area contributed by atoms with Crippen LogP contribution in [0.25, 0.3) is 6.08 Å². The maximum atomic E-state index is 11.1. The van der Waals surface area contributed by atoms with Gasteiger partial charge in [0.2, 0.25) is 0 Å². The predicted molar refractivity (Wildman–Crippen MR) is 63.8 cm³/mol. The third kappa shape index (κ3) is 3.23. The molecule has 0 radical (unpaired) electrons. The van der Waals surface area contributed by atoms with Crippen LogP contribution in [0.5, 0.6) is 0 Å². The summed E-state index contributed by atoms with van der Waals surface area (Å²) in [5.41, 5.74) is 1.18. The minimum atomic E-state index is -0.0515. The maximum absolute atomic E-state index is 11.1. The Hall–Kier alpha value is -1.57. The first-order valence-electron chi connectivity index (χ1n) is 5.75. The Morgan fingerprint density at radius 1 is 1.31 bits per heavy atom. The summed E-state index contributed by atoms with van der Waals surface area (Å²) in [5.74, 6) is -0.0515. The molecule has 0 bridgehead atoms. The number of ether oxygens (including phenoxy) is 1. The van der Waals surface area contributed by atoms with Crippen LogP contribution < -0.4 is 0 Å². The van der Waals surface area contributed by atoms with Gasteiger partial charge < -0.3 is 4.74 Å². The SMILES string of the molecule is O=C1CCCC(C/C=C/c2ccccc2)O1. The number of cyclic esters (lactones) is 1. The number of hydrogen-bond donors (Lipinski definition) is 0. The molecule has 0 aromatic heterocycles. The first-order chi connectivity index (χ1) is 7.84. The fraction of sp³-hybridized carbons (Fsp3) is 0.357. The molecule has 0 spiro atoms. The van der Waals surface area contributed by atoms with E-state index in [1.165, 1.54) is 5.56 Å². The van der Waals surface area contributed by atoms with Crippen molar-refractivity contribution < 1.29 is 9.53 Å². The molecule has 84 valence electrons. The summed E-state index contributed by atoms with van der Waals surface area (Å²) in [6, 6.07) is 10.1. The zero-order chi connectivity index (χ0) is 11.2. The quantitative estimate of drug-likeness (QED) is 0.725. The summed E-state index contributed by atoms with van der Waals surface area (Å²) in [6.07, 6.45) is 7.59. The minimum absolute atomic E-state index is 0.0515. The predicted octanol–water partition coefficient (Wildman–Crippen LogP) is 3.19. The highest BCUT2D eigenvalue weighted by Gasteiger charge is 2.18. The lowest BCUT2D eigenvalue weighted by molar-refractivity contribution is -0.153. The molecular formula is C14H16O2. The Morgan fingerprint density at radius 3 is 2.88 bits per heavy atom. The lowest BCUT2D eigenvalue weighted by Gasteiger charge is -2.20. The van der Waals surface area contributed by atoms with Gasteiger partial charge in [-0.1, -0.05) is 42.5 Å². The molecule has 1 unspecified atom stereocenters. The van der Waals surface area contributed by atoms with E-state index in [0.717, 1.165) is 19.3 Å². The molecule has 1 heterocycles. The highest BCUT2D eigenvalue weighted by Crippen LogP contribution is 2.17. The van der Waals surface area contributed by atoms with Gasteiger partial charge in [-0.3, -0.25) is 4.79 Å². The molecule has 1 aliphatic rings. The summed E-state index contributed by atoms with van der Waals surface area (Å²) in [6.45, 7) is 0. The first kappa shape index (κ1) is 10.9. The molecule has 0 saturated carbocycles. The fourth-order valence-corrected chi connectivity index (χ4v) is 1.86. The number of carbonyl (C=O) groups excluding carboxylic acids is 1. The van der Waals surface area contributed by atoms with Gasteiger partial charge >= 0.3 is 5.97 Å². The van der Waals surface area contributed by atoms with Gasteiger partial charge in [0.15, 0.2) is 0 Å². The summed E-state index contributed by atoms with van der Waals surface area (Å²) < 4.78 is 5.23. The van der Waals surface area contributed by atoms with E-state index in [-0.39, 0.29) is 12.1 Å². The van der Waals surface area contributed by atoms with E-state index in [1.807, 2.05) is 18.2 Å². The molecule has 0 N–H and O–H groups in total. The lowest BCUT2D eigenvalue weighted by Crippen LogP contribution is -2.22. The molecule has 1 aromatic carbocycles. The maximum Gasteiger partial charge on any atom is 0.306 e. The highest BCUT2D eigenvalue weighted by atomic mass is 16.5. The molecular weight excluding hydrogens is 200 g/mol. The standard InChI is InChI=1S/C14H16O2/c15-14-11-5-10-13(16-14)9-4-8-12-6-2-1-3-7-12/h1-4,6-8,13H,5,9-11H2/b8-4+. The lowest BCUT2D eigenvalue weighted by atomic mass is 10.1. The van der Waals surface area contributed by atoms with Crippen molar-refractivity contribution in [1.82, 2.24) is 0 Å². The van der Waals surface area contributed by atoms with Gasteiger partial charge in [-0.05, 0) is 18.4 Å². The van der Waals surface area contributed by atoms with Gasteiger partial charge in [0, 0.05) is 12.8 Å². The zero-order valence-electron chi connectivity index (χ0n) is 9.26. The second kappa shape index (κ2) is 5.50. The number of esters is 1. The topological polar surface area (TPSA) is 26.3 Å². The minimum Gasteiger partial charge on any atom is -0.462 e. The smallest absolute Gasteiger partial charge is 0.306 e. The average molecular weight is 216 g/mol. The monoisotopic (exact) mass is 216 g/mol. The van der Waals surface area contributed by atoms with Gasteiger partial charge in [0.25, 0.3) is 0 Å². The van der Waals surface area contributed by atoms with E-state index >= 15 is 0 Å². The molecule has 0 aliphatic carbocycles. The second-order valence-corrected chi connectivity index (χ2v) is 4.05. The van der Waals surface area contributed by atoms with Gasteiger partial charge in [0.1, 0.15) is 6.10 Å². The number of rotatable bonds is 3. The van der Waals surface area contributed by atoms with Crippen LogP contribution >= 0.6 is 0 Å². The summed E-state index contributed by atoms with van der Waals surface area (Å²) in [7, 11) is 0. The van der Waals surface area contributed by atoms with E-state index in [2.05, 4.69) is 24.3 Å². The van der Waals surface area contributed by atoms with E-state index in [0.29, 0.717) is 6.42 Å². The van der Waals surface area contributed by atoms with Crippen LogP contribution in [0.2, 0.25) is 0 Å². The Kier molecular flexibility index (Phi) is 3.76. The Balaban J connectivity index is 1.83. The van der Waals surface area contributed by atoms with Crippen LogP contribution in [0.3, 0.4) is 0 Å². The second-order valence-electron chi connectivity index (χ2n) is 4.05. The molecule has 2 rings (SSSR count). The molecule has 1 aromatic rings. The third-order valence-corrected chi connectivity index (χ3v) is 2.71. The van der Waals surface area contributed by atoms with Crippen molar-refractivity contribution in [2.45, 2.75) is 31.8 Å². The van der Waals surface area contributed by atoms with Crippen LogP contribution in [0, 0.1) is 0 Å². The molecule has 1 atom stereocenters. The van der Waals surface area contributed by atoms with Crippen LogP contribution in [0.1, 0.15) is 31.2 Å². The van der Waals surface area contributed by atoms with Gasteiger partial charge in [-0.15, -0.1) is 0 Å².